The van der Waals surface area contributed by atoms with Crippen molar-refractivity contribution in [3.63, 3.8) is 0 Å². The van der Waals surface area contributed by atoms with Crippen molar-refractivity contribution in [2.45, 2.75) is 39.3 Å². The van der Waals surface area contributed by atoms with Crippen molar-refractivity contribution in [2.24, 2.45) is 0 Å². The molecule has 1 unspecified atom stereocenters. The van der Waals surface area contributed by atoms with Crippen LogP contribution in [0.2, 0.25) is 5.02 Å². The first-order valence-electron chi connectivity index (χ1n) is 7.69. The van der Waals surface area contributed by atoms with Crippen molar-refractivity contribution >= 4 is 17.5 Å². The predicted octanol–water partition coefficient (Wildman–Crippen LogP) is 3.19. The van der Waals surface area contributed by atoms with Gasteiger partial charge in [0, 0.05) is 17.6 Å². The summed E-state index contributed by atoms with van der Waals surface area (Å²) in [5.74, 6) is -0.304. The van der Waals surface area contributed by atoms with Crippen LogP contribution in [0.1, 0.15) is 48.8 Å². The fourth-order valence-corrected chi connectivity index (χ4v) is 2.52. The van der Waals surface area contributed by atoms with Crippen LogP contribution in [-0.4, -0.2) is 15.7 Å². The summed E-state index contributed by atoms with van der Waals surface area (Å²) in [5.41, 5.74) is 0.971. The number of aromatic nitrogens is 2. The molecule has 2 rings (SSSR count). The molecule has 5 nitrogen and oxygen atoms in total. The van der Waals surface area contributed by atoms with Crippen LogP contribution < -0.4 is 10.9 Å². The van der Waals surface area contributed by atoms with Crippen molar-refractivity contribution in [3.8, 4) is 0 Å². The highest BCUT2D eigenvalue weighted by molar-refractivity contribution is 6.30. The Balaban J connectivity index is 2.20. The number of hydrogen-bond acceptors (Lipinski definition) is 3. The lowest BCUT2D eigenvalue weighted by atomic mass is 10.0. The number of carbonyl (C=O) groups is 1. The number of halogens is 1. The fourth-order valence-electron chi connectivity index (χ4n) is 2.32. The third-order valence-electron chi connectivity index (χ3n) is 3.50. The smallest absolute Gasteiger partial charge is 0.272 e. The summed E-state index contributed by atoms with van der Waals surface area (Å²) in [7, 11) is 0. The molecule has 1 amide bonds. The Morgan fingerprint density at radius 2 is 2.09 bits per heavy atom. The van der Waals surface area contributed by atoms with Crippen LogP contribution in [0.15, 0.2) is 41.2 Å². The molecular weight excluding hydrogens is 314 g/mol. The van der Waals surface area contributed by atoms with Gasteiger partial charge in [0.2, 0.25) is 0 Å². The van der Waals surface area contributed by atoms with Crippen LogP contribution in [0.3, 0.4) is 0 Å². The van der Waals surface area contributed by atoms with Crippen molar-refractivity contribution in [1.29, 1.82) is 0 Å². The molecule has 1 N–H and O–H groups in total. The van der Waals surface area contributed by atoms with E-state index in [1.165, 1.54) is 16.8 Å². The molecule has 0 aliphatic carbocycles. The molecule has 0 radical (unpaired) electrons. The molecular formula is C17H20ClN3O2. The predicted molar refractivity (Wildman–Crippen MR) is 90.7 cm³/mol. The molecule has 0 saturated carbocycles. The quantitative estimate of drug-likeness (QED) is 0.883. The fraction of sp³-hybridized carbons (Fsp3) is 0.353. The highest BCUT2D eigenvalue weighted by Crippen LogP contribution is 2.20. The first-order valence-corrected chi connectivity index (χ1v) is 8.07. The molecule has 0 bridgehead atoms. The van der Waals surface area contributed by atoms with Crippen molar-refractivity contribution in [2.75, 3.05) is 0 Å². The maximum absolute atomic E-state index is 12.4. The molecule has 1 heterocycles. The molecule has 0 spiro atoms. The highest BCUT2D eigenvalue weighted by Gasteiger charge is 2.16. The Hall–Kier alpha value is -2.14. The summed E-state index contributed by atoms with van der Waals surface area (Å²) < 4.78 is 1.31. The number of nitrogens with one attached hydrogen (secondary N) is 1. The van der Waals surface area contributed by atoms with E-state index in [2.05, 4.69) is 10.4 Å². The lowest BCUT2D eigenvalue weighted by Crippen LogP contribution is -2.32. The molecule has 0 aliphatic rings. The normalized spacial score (nSPS) is 12.0. The maximum atomic E-state index is 12.4. The second kappa shape index (κ2) is 7.92. The molecule has 6 heteroatoms. The number of rotatable bonds is 6. The van der Waals surface area contributed by atoms with E-state index in [1.54, 1.807) is 6.07 Å². The summed E-state index contributed by atoms with van der Waals surface area (Å²) in [5, 5.41) is 7.70. The second-order valence-electron chi connectivity index (χ2n) is 5.27. The zero-order valence-corrected chi connectivity index (χ0v) is 14.0. The molecule has 23 heavy (non-hydrogen) atoms. The van der Waals surface area contributed by atoms with Gasteiger partial charge in [0.15, 0.2) is 0 Å². The maximum Gasteiger partial charge on any atom is 0.272 e. The molecule has 0 aliphatic heterocycles. The lowest BCUT2D eigenvalue weighted by molar-refractivity contribution is 0.0928. The van der Waals surface area contributed by atoms with Gasteiger partial charge in [0.25, 0.3) is 11.5 Å². The lowest BCUT2D eigenvalue weighted by Gasteiger charge is -2.17. The zero-order chi connectivity index (χ0) is 16.8. The van der Waals surface area contributed by atoms with E-state index < -0.39 is 0 Å². The van der Waals surface area contributed by atoms with Gasteiger partial charge in [-0.3, -0.25) is 9.59 Å². The number of hydrogen-bond donors (Lipinski definition) is 1. The van der Waals surface area contributed by atoms with Crippen molar-refractivity contribution in [3.05, 3.63) is 63.0 Å². The van der Waals surface area contributed by atoms with Crippen molar-refractivity contribution < 1.29 is 4.79 Å². The SMILES string of the molecule is CCCn1nc(C(=O)NC(CC)c2cccc(Cl)c2)ccc1=O. The molecule has 1 aromatic carbocycles. The number of nitrogens with zero attached hydrogens (tertiary/aromatic N) is 2. The van der Waals surface area contributed by atoms with Crippen LogP contribution in [0, 0.1) is 0 Å². The first-order chi connectivity index (χ1) is 11.0. The first kappa shape index (κ1) is 17.2. The molecule has 1 aromatic heterocycles. The van der Waals surface area contributed by atoms with E-state index >= 15 is 0 Å². The number of benzene rings is 1. The molecule has 2 aromatic rings. The van der Waals surface area contributed by atoms with Gasteiger partial charge in [0.05, 0.1) is 6.04 Å². The second-order valence-corrected chi connectivity index (χ2v) is 5.71. The van der Waals surface area contributed by atoms with Crippen LogP contribution in [0.25, 0.3) is 0 Å². The average molecular weight is 334 g/mol. The van der Waals surface area contributed by atoms with E-state index in [4.69, 9.17) is 11.6 Å². The Kier molecular flexibility index (Phi) is 5.93. The largest absolute Gasteiger partial charge is 0.344 e. The molecule has 0 fully saturated rings. The minimum Gasteiger partial charge on any atom is -0.344 e. The summed E-state index contributed by atoms with van der Waals surface area (Å²) in [4.78, 5) is 24.1. The van der Waals surface area contributed by atoms with Gasteiger partial charge >= 0.3 is 0 Å². The monoisotopic (exact) mass is 333 g/mol. The van der Waals surface area contributed by atoms with E-state index in [-0.39, 0.29) is 23.2 Å². The molecule has 0 saturated heterocycles. The van der Waals surface area contributed by atoms with Gasteiger partial charge < -0.3 is 5.32 Å². The van der Waals surface area contributed by atoms with Gasteiger partial charge in [-0.25, -0.2) is 4.68 Å². The van der Waals surface area contributed by atoms with E-state index in [9.17, 15) is 9.59 Å². The Morgan fingerprint density at radius 3 is 2.74 bits per heavy atom. The van der Waals surface area contributed by atoms with Crippen LogP contribution in [-0.2, 0) is 6.54 Å². The van der Waals surface area contributed by atoms with Gasteiger partial charge in [-0.15, -0.1) is 0 Å². The third-order valence-corrected chi connectivity index (χ3v) is 3.73. The van der Waals surface area contributed by atoms with Crippen LogP contribution >= 0.6 is 11.6 Å². The summed E-state index contributed by atoms with van der Waals surface area (Å²) in [6, 6.07) is 10.1. The van der Waals surface area contributed by atoms with E-state index in [0.717, 1.165) is 18.4 Å². The third kappa shape index (κ3) is 4.42. The minimum atomic E-state index is -0.304. The summed E-state index contributed by atoms with van der Waals surface area (Å²) in [6.07, 6.45) is 1.50. The zero-order valence-electron chi connectivity index (χ0n) is 13.3. The van der Waals surface area contributed by atoms with Gasteiger partial charge in [-0.1, -0.05) is 37.6 Å². The number of amides is 1. The summed E-state index contributed by atoms with van der Waals surface area (Å²) >= 11 is 6.01. The number of carbonyl (C=O) groups excluding carboxylic acids is 1. The number of aryl methyl sites for hydroxylation is 1. The molecule has 1 atom stereocenters. The van der Waals surface area contributed by atoms with E-state index in [1.807, 2.05) is 32.0 Å². The minimum absolute atomic E-state index is 0.158. The topological polar surface area (TPSA) is 64.0 Å². The average Bonchev–Trinajstić information content (AvgIpc) is 2.54. The molecule has 122 valence electrons. The van der Waals surface area contributed by atoms with Gasteiger partial charge in [-0.2, -0.15) is 5.10 Å². The van der Waals surface area contributed by atoms with Gasteiger partial charge in [0.1, 0.15) is 5.69 Å². The van der Waals surface area contributed by atoms with Crippen molar-refractivity contribution in [1.82, 2.24) is 15.1 Å². The Bertz CT molecular complexity index is 743. The highest BCUT2D eigenvalue weighted by atomic mass is 35.5. The van der Waals surface area contributed by atoms with E-state index in [0.29, 0.717) is 11.6 Å². The Morgan fingerprint density at radius 1 is 1.30 bits per heavy atom. The summed E-state index contributed by atoms with van der Waals surface area (Å²) in [6.45, 7) is 4.43. The Labute approximate surface area is 140 Å². The standard InChI is InChI=1S/C17H20ClN3O2/c1-3-10-21-16(22)9-8-15(20-21)17(23)19-14(4-2)12-6-5-7-13(18)11-12/h5-9,11,14H,3-4,10H2,1-2H3,(H,19,23). The van der Waals surface area contributed by atoms with Gasteiger partial charge in [-0.05, 0) is 36.6 Å². The van der Waals surface area contributed by atoms with Crippen LogP contribution in [0.5, 0.6) is 0 Å². The van der Waals surface area contributed by atoms with Crippen LogP contribution in [0.4, 0.5) is 0 Å².